The van der Waals surface area contributed by atoms with Crippen molar-refractivity contribution in [2.75, 3.05) is 11.6 Å². The van der Waals surface area contributed by atoms with Gasteiger partial charge in [0.15, 0.2) is 5.16 Å². The van der Waals surface area contributed by atoms with Crippen LogP contribution in [0.5, 0.6) is 0 Å². The van der Waals surface area contributed by atoms with Crippen LogP contribution in [0.15, 0.2) is 17.4 Å². The third kappa shape index (κ3) is 2.86. The molecular formula is C14H20N4S. The second-order valence-corrected chi connectivity index (χ2v) is 5.91. The van der Waals surface area contributed by atoms with Gasteiger partial charge in [0.25, 0.3) is 0 Å². The van der Waals surface area contributed by atoms with Gasteiger partial charge in [-0.3, -0.25) is 0 Å². The van der Waals surface area contributed by atoms with Crippen molar-refractivity contribution in [2.24, 2.45) is 0 Å². The van der Waals surface area contributed by atoms with Crippen LogP contribution in [0.25, 0.3) is 11.0 Å². The lowest BCUT2D eigenvalue weighted by Gasteiger charge is -2.17. The summed E-state index contributed by atoms with van der Waals surface area (Å²) in [7, 11) is 0. The molecule has 1 aliphatic rings. The van der Waals surface area contributed by atoms with Crippen molar-refractivity contribution in [3.05, 3.63) is 12.3 Å². The van der Waals surface area contributed by atoms with Crippen molar-refractivity contribution >= 4 is 28.6 Å². The summed E-state index contributed by atoms with van der Waals surface area (Å²) >= 11 is 1.59. The molecule has 0 atom stereocenters. The van der Waals surface area contributed by atoms with Gasteiger partial charge in [0, 0.05) is 12.2 Å². The molecule has 2 N–H and O–H groups in total. The maximum Gasteiger partial charge on any atom is 0.191 e. The molecule has 3 rings (SSSR count). The fourth-order valence-electron chi connectivity index (χ4n) is 2.74. The van der Waals surface area contributed by atoms with E-state index in [-0.39, 0.29) is 0 Å². The average molecular weight is 276 g/mol. The molecule has 0 radical (unpaired) electrons. The number of H-pyrrole nitrogens is 1. The quantitative estimate of drug-likeness (QED) is 0.508. The summed E-state index contributed by atoms with van der Waals surface area (Å²) in [6.07, 6.45) is 11.9. The Bertz CT molecular complexity index is 543. The number of hydrogen-bond donors (Lipinski definition) is 2. The molecule has 0 aromatic carbocycles. The third-order valence-electron chi connectivity index (χ3n) is 3.77. The molecule has 1 aliphatic carbocycles. The molecule has 1 saturated carbocycles. The van der Waals surface area contributed by atoms with E-state index in [9.17, 15) is 0 Å². The molecule has 0 saturated heterocycles. The minimum Gasteiger partial charge on any atom is -0.367 e. The van der Waals surface area contributed by atoms with Gasteiger partial charge in [0.05, 0.1) is 5.39 Å². The van der Waals surface area contributed by atoms with E-state index < -0.39 is 0 Å². The standard InChI is InChI=1S/C14H20N4S/c1-19-14-17-12-11(8-9-15-12)13(18-14)16-10-6-4-2-3-5-7-10/h8-10H,2-7H2,1H3,(H2,15,16,17,18). The smallest absolute Gasteiger partial charge is 0.191 e. The number of nitrogens with one attached hydrogen (secondary N) is 2. The molecule has 0 amide bonds. The maximum absolute atomic E-state index is 4.64. The fourth-order valence-corrected chi connectivity index (χ4v) is 3.10. The van der Waals surface area contributed by atoms with Crippen LogP contribution in [-0.2, 0) is 0 Å². The number of rotatable bonds is 3. The number of hydrogen-bond acceptors (Lipinski definition) is 4. The fraction of sp³-hybridized carbons (Fsp3) is 0.571. The molecule has 1 fully saturated rings. The minimum atomic E-state index is 0.560. The van der Waals surface area contributed by atoms with E-state index in [1.165, 1.54) is 38.5 Å². The Morgan fingerprint density at radius 1 is 1.21 bits per heavy atom. The molecule has 0 unspecified atom stereocenters. The van der Waals surface area contributed by atoms with Crippen LogP contribution in [0.4, 0.5) is 5.82 Å². The van der Waals surface area contributed by atoms with E-state index in [1.54, 1.807) is 11.8 Å². The monoisotopic (exact) mass is 276 g/mol. The van der Waals surface area contributed by atoms with E-state index in [0.717, 1.165) is 22.0 Å². The molecule has 2 aromatic rings. The van der Waals surface area contributed by atoms with Crippen LogP contribution < -0.4 is 5.32 Å². The summed E-state index contributed by atoms with van der Waals surface area (Å²) in [5, 5.41) is 5.56. The predicted molar refractivity (Wildman–Crippen MR) is 80.8 cm³/mol. The van der Waals surface area contributed by atoms with Gasteiger partial charge < -0.3 is 10.3 Å². The highest BCUT2D eigenvalue weighted by Crippen LogP contribution is 2.26. The van der Waals surface area contributed by atoms with Crippen LogP contribution in [0, 0.1) is 0 Å². The minimum absolute atomic E-state index is 0.560. The lowest BCUT2D eigenvalue weighted by molar-refractivity contribution is 0.617. The van der Waals surface area contributed by atoms with E-state index in [4.69, 9.17) is 0 Å². The second kappa shape index (κ2) is 5.82. The van der Waals surface area contributed by atoms with E-state index in [0.29, 0.717) is 6.04 Å². The van der Waals surface area contributed by atoms with Crippen LogP contribution in [0.1, 0.15) is 38.5 Å². The highest BCUT2D eigenvalue weighted by Gasteiger charge is 2.15. The van der Waals surface area contributed by atoms with Crippen molar-refractivity contribution in [1.29, 1.82) is 0 Å². The lowest BCUT2D eigenvalue weighted by Crippen LogP contribution is -2.19. The average Bonchev–Trinajstić information content (AvgIpc) is 2.76. The molecule has 0 spiro atoms. The van der Waals surface area contributed by atoms with Gasteiger partial charge in [-0.2, -0.15) is 0 Å². The van der Waals surface area contributed by atoms with Crippen LogP contribution in [0.3, 0.4) is 0 Å². The molecule has 5 heteroatoms. The van der Waals surface area contributed by atoms with Crippen molar-refractivity contribution in [2.45, 2.75) is 49.7 Å². The molecule has 4 nitrogen and oxygen atoms in total. The number of nitrogens with zero attached hydrogens (tertiary/aromatic N) is 2. The zero-order chi connectivity index (χ0) is 13.1. The Hall–Kier alpha value is -1.23. The first-order valence-electron chi connectivity index (χ1n) is 7.02. The summed E-state index contributed by atoms with van der Waals surface area (Å²) in [5.41, 5.74) is 0.926. The Morgan fingerprint density at radius 3 is 2.74 bits per heavy atom. The highest BCUT2D eigenvalue weighted by molar-refractivity contribution is 7.98. The van der Waals surface area contributed by atoms with E-state index >= 15 is 0 Å². The number of fused-ring (bicyclic) bond motifs is 1. The number of anilines is 1. The topological polar surface area (TPSA) is 53.6 Å². The summed E-state index contributed by atoms with van der Waals surface area (Å²) < 4.78 is 0. The van der Waals surface area contributed by atoms with Crippen LogP contribution in [0.2, 0.25) is 0 Å². The zero-order valence-electron chi connectivity index (χ0n) is 11.3. The second-order valence-electron chi connectivity index (χ2n) is 5.13. The van der Waals surface area contributed by atoms with Gasteiger partial charge in [-0.1, -0.05) is 37.4 Å². The van der Waals surface area contributed by atoms with Gasteiger partial charge >= 0.3 is 0 Å². The van der Waals surface area contributed by atoms with Crippen molar-refractivity contribution in [1.82, 2.24) is 15.0 Å². The van der Waals surface area contributed by atoms with Crippen molar-refractivity contribution in [3.8, 4) is 0 Å². The SMILES string of the molecule is CSc1nc(NC2CCCCCC2)c2cc[nH]c2n1. The van der Waals surface area contributed by atoms with Crippen LogP contribution >= 0.6 is 11.8 Å². The van der Waals surface area contributed by atoms with Gasteiger partial charge in [-0.15, -0.1) is 0 Å². The summed E-state index contributed by atoms with van der Waals surface area (Å²) in [6, 6.07) is 2.61. The highest BCUT2D eigenvalue weighted by atomic mass is 32.2. The predicted octanol–water partition coefficient (Wildman–Crippen LogP) is 3.81. The van der Waals surface area contributed by atoms with E-state index in [1.807, 2.05) is 12.5 Å². The largest absolute Gasteiger partial charge is 0.367 e. The Morgan fingerprint density at radius 2 is 2.00 bits per heavy atom. The third-order valence-corrected chi connectivity index (χ3v) is 4.32. The number of aromatic amines is 1. The Balaban J connectivity index is 1.87. The number of thioether (sulfide) groups is 1. The lowest BCUT2D eigenvalue weighted by atomic mass is 10.1. The van der Waals surface area contributed by atoms with Gasteiger partial charge in [0.1, 0.15) is 11.5 Å². The molecular weight excluding hydrogens is 256 g/mol. The van der Waals surface area contributed by atoms with Crippen molar-refractivity contribution < 1.29 is 0 Å². The summed E-state index contributed by atoms with van der Waals surface area (Å²) in [6.45, 7) is 0. The molecule has 19 heavy (non-hydrogen) atoms. The maximum atomic E-state index is 4.64. The molecule has 0 aliphatic heterocycles. The number of aromatic nitrogens is 3. The first-order valence-corrected chi connectivity index (χ1v) is 8.25. The van der Waals surface area contributed by atoms with Gasteiger partial charge in [-0.25, -0.2) is 9.97 Å². The molecule has 2 aromatic heterocycles. The normalized spacial score (nSPS) is 17.5. The Labute approximate surface area is 117 Å². The van der Waals surface area contributed by atoms with Gasteiger partial charge in [0.2, 0.25) is 0 Å². The van der Waals surface area contributed by atoms with Crippen LogP contribution in [-0.4, -0.2) is 27.2 Å². The first kappa shape index (κ1) is 12.8. The van der Waals surface area contributed by atoms with E-state index in [2.05, 4.69) is 26.3 Å². The molecule has 2 heterocycles. The molecule has 0 bridgehead atoms. The van der Waals surface area contributed by atoms with Gasteiger partial charge in [-0.05, 0) is 25.2 Å². The summed E-state index contributed by atoms with van der Waals surface area (Å²) in [5.74, 6) is 0.988. The summed E-state index contributed by atoms with van der Waals surface area (Å²) in [4.78, 5) is 12.3. The molecule has 102 valence electrons. The zero-order valence-corrected chi connectivity index (χ0v) is 12.1. The van der Waals surface area contributed by atoms with Crippen molar-refractivity contribution in [3.63, 3.8) is 0 Å². The Kier molecular flexibility index (Phi) is 3.92. The first-order chi connectivity index (χ1) is 9.36.